The first kappa shape index (κ1) is 12.6. The van der Waals surface area contributed by atoms with Gasteiger partial charge < -0.3 is 0 Å². The molecule has 92 valence electrons. The molecular formula is C18H20. The second kappa shape index (κ2) is 6.20. The standard InChI is InChI=1S/C18H20/c1-3-7-18(14-16-8-5-4-6-9-16)17-12-10-15(2)11-13-17/h4-6,8-14H,3,7H2,1-2H3/b18-14+. The minimum absolute atomic E-state index is 1.12. The summed E-state index contributed by atoms with van der Waals surface area (Å²) in [6.45, 7) is 4.36. The Kier molecular flexibility index (Phi) is 4.35. The average Bonchev–Trinajstić information content (AvgIpc) is 2.40. The Bertz CT molecular complexity index is 503. The van der Waals surface area contributed by atoms with Gasteiger partial charge in [-0.3, -0.25) is 0 Å². The van der Waals surface area contributed by atoms with E-state index in [2.05, 4.69) is 74.5 Å². The average molecular weight is 236 g/mol. The molecule has 18 heavy (non-hydrogen) atoms. The monoisotopic (exact) mass is 236 g/mol. The first-order valence-electron chi connectivity index (χ1n) is 6.62. The highest BCUT2D eigenvalue weighted by Gasteiger charge is 2.00. The summed E-state index contributed by atoms with van der Waals surface area (Å²) in [4.78, 5) is 0. The molecule has 2 aromatic carbocycles. The highest BCUT2D eigenvalue weighted by Crippen LogP contribution is 2.23. The Morgan fingerprint density at radius 1 is 0.944 bits per heavy atom. The Hall–Kier alpha value is -1.82. The van der Waals surface area contributed by atoms with Gasteiger partial charge in [0.1, 0.15) is 0 Å². The molecule has 0 aliphatic rings. The van der Waals surface area contributed by atoms with Crippen LogP contribution in [0.5, 0.6) is 0 Å². The van der Waals surface area contributed by atoms with Crippen molar-refractivity contribution in [2.75, 3.05) is 0 Å². The highest BCUT2D eigenvalue weighted by molar-refractivity contribution is 5.81. The van der Waals surface area contributed by atoms with E-state index < -0.39 is 0 Å². The summed E-state index contributed by atoms with van der Waals surface area (Å²) in [5.41, 5.74) is 5.35. The SMILES string of the molecule is CCC/C(=C\c1ccccc1)c1ccc(C)cc1. The van der Waals surface area contributed by atoms with E-state index in [4.69, 9.17) is 0 Å². The zero-order valence-electron chi connectivity index (χ0n) is 11.2. The predicted molar refractivity (Wildman–Crippen MR) is 80.4 cm³/mol. The fourth-order valence-electron chi connectivity index (χ4n) is 2.09. The lowest BCUT2D eigenvalue weighted by Crippen LogP contribution is -1.85. The summed E-state index contributed by atoms with van der Waals surface area (Å²) in [7, 11) is 0. The summed E-state index contributed by atoms with van der Waals surface area (Å²) >= 11 is 0. The van der Waals surface area contributed by atoms with Gasteiger partial charge in [0.05, 0.1) is 0 Å². The van der Waals surface area contributed by atoms with Crippen molar-refractivity contribution in [3.05, 3.63) is 71.3 Å². The Labute approximate surface area is 110 Å². The summed E-state index contributed by atoms with van der Waals surface area (Å²) in [6, 6.07) is 19.4. The molecule has 0 saturated heterocycles. The summed E-state index contributed by atoms with van der Waals surface area (Å²) in [5, 5.41) is 0. The van der Waals surface area contributed by atoms with Crippen LogP contribution in [0, 0.1) is 6.92 Å². The van der Waals surface area contributed by atoms with Gasteiger partial charge in [-0.15, -0.1) is 0 Å². The molecule has 0 amide bonds. The van der Waals surface area contributed by atoms with Crippen LogP contribution in [0.4, 0.5) is 0 Å². The van der Waals surface area contributed by atoms with Crippen molar-refractivity contribution in [2.45, 2.75) is 26.7 Å². The van der Waals surface area contributed by atoms with Crippen LogP contribution in [0.1, 0.15) is 36.5 Å². The molecule has 0 bridgehead atoms. The second-order valence-electron chi connectivity index (χ2n) is 4.70. The van der Waals surface area contributed by atoms with Gasteiger partial charge in [-0.1, -0.05) is 79.6 Å². The van der Waals surface area contributed by atoms with Crippen LogP contribution in [0.2, 0.25) is 0 Å². The van der Waals surface area contributed by atoms with E-state index in [0.29, 0.717) is 0 Å². The van der Waals surface area contributed by atoms with Gasteiger partial charge >= 0.3 is 0 Å². The normalized spacial score (nSPS) is 11.6. The maximum Gasteiger partial charge on any atom is -0.0224 e. The summed E-state index contributed by atoms with van der Waals surface area (Å²) in [6.07, 6.45) is 4.60. The zero-order valence-corrected chi connectivity index (χ0v) is 11.2. The van der Waals surface area contributed by atoms with Crippen LogP contribution in [0.3, 0.4) is 0 Å². The predicted octanol–water partition coefficient (Wildman–Crippen LogP) is 5.34. The third-order valence-corrected chi connectivity index (χ3v) is 3.08. The smallest absolute Gasteiger partial charge is 0.0224 e. The molecular weight excluding hydrogens is 216 g/mol. The molecule has 0 unspecified atom stereocenters. The number of rotatable bonds is 4. The first-order valence-corrected chi connectivity index (χ1v) is 6.62. The van der Waals surface area contributed by atoms with Gasteiger partial charge in [0.2, 0.25) is 0 Å². The van der Waals surface area contributed by atoms with Gasteiger partial charge in [-0.05, 0) is 30.0 Å². The first-order chi connectivity index (χ1) is 8.79. The number of allylic oxidation sites excluding steroid dienone is 1. The minimum atomic E-state index is 1.12. The van der Waals surface area contributed by atoms with E-state index in [-0.39, 0.29) is 0 Å². The fourth-order valence-corrected chi connectivity index (χ4v) is 2.09. The second-order valence-corrected chi connectivity index (χ2v) is 4.70. The van der Waals surface area contributed by atoms with Crippen molar-refractivity contribution < 1.29 is 0 Å². The number of hydrogen-bond acceptors (Lipinski definition) is 0. The molecule has 0 radical (unpaired) electrons. The molecule has 0 spiro atoms. The third kappa shape index (κ3) is 3.33. The molecule has 0 heterocycles. The van der Waals surface area contributed by atoms with Gasteiger partial charge in [0, 0.05) is 0 Å². The lowest BCUT2D eigenvalue weighted by molar-refractivity contribution is 0.976. The van der Waals surface area contributed by atoms with E-state index in [0.717, 1.165) is 6.42 Å². The molecule has 0 fully saturated rings. The van der Waals surface area contributed by atoms with Gasteiger partial charge in [-0.2, -0.15) is 0 Å². The van der Waals surface area contributed by atoms with Gasteiger partial charge in [-0.25, -0.2) is 0 Å². The maximum atomic E-state index is 2.30. The topological polar surface area (TPSA) is 0 Å². The van der Waals surface area contributed by atoms with Crippen LogP contribution >= 0.6 is 0 Å². The Balaban J connectivity index is 2.33. The number of aryl methyl sites for hydroxylation is 1. The summed E-state index contributed by atoms with van der Waals surface area (Å²) < 4.78 is 0. The van der Waals surface area contributed by atoms with Crippen LogP contribution in [-0.4, -0.2) is 0 Å². The highest BCUT2D eigenvalue weighted by atomic mass is 14.1. The molecule has 0 heteroatoms. The van der Waals surface area contributed by atoms with Crippen molar-refractivity contribution in [2.24, 2.45) is 0 Å². The minimum Gasteiger partial charge on any atom is -0.0651 e. The lowest BCUT2D eigenvalue weighted by Gasteiger charge is -2.07. The molecule has 0 N–H and O–H groups in total. The van der Waals surface area contributed by atoms with E-state index in [1.807, 2.05) is 0 Å². The van der Waals surface area contributed by atoms with Crippen LogP contribution < -0.4 is 0 Å². The van der Waals surface area contributed by atoms with Crippen LogP contribution in [0.15, 0.2) is 54.6 Å². The van der Waals surface area contributed by atoms with E-state index >= 15 is 0 Å². The Morgan fingerprint density at radius 3 is 2.22 bits per heavy atom. The molecule has 0 aliphatic carbocycles. The molecule has 0 nitrogen and oxygen atoms in total. The maximum absolute atomic E-state index is 2.30. The molecule has 0 aliphatic heterocycles. The quantitative estimate of drug-likeness (QED) is 0.629. The lowest BCUT2D eigenvalue weighted by atomic mass is 9.98. The molecule has 2 rings (SSSR count). The number of hydrogen-bond donors (Lipinski definition) is 0. The molecule has 2 aromatic rings. The Morgan fingerprint density at radius 2 is 1.61 bits per heavy atom. The van der Waals surface area contributed by atoms with Crippen molar-refractivity contribution in [3.63, 3.8) is 0 Å². The van der Waals surface area contributed by atoms with Crippen LogP contribution in [-0.2, 0) is 0 Å². The van der Waals surface area contributed by atoms with Crippen molar-refractivity contribution in [1.29, 1.82) is 0 Å². The van der Waals surface area contributed by atoms with Crippen LogP contribution in [0.25, 0.3) is 11.6 Å². The van der Waals surface area contributed by atoms with Gasteiger partial charge in [0.25, 0.3) is 0 Å². The van der Waals surface area contributed by atoms with Crippen molar-refractivity contribution in [1.82, 2.24) is 0 Å². The van der Waals surface area contributed by atoms with Crippen molar-refractivity contribution >= 4 is 11.6 Å². The molecule has 0 atom stereocenters. The fraction of sp³-hybridized carbons (Fsp3) is 0.222. The zero-order chi connectivity index (χ0) is 12.8. The third-order valence-electron chi connectivity index (χ3n) is 3.08. The van der Waals surface area contributed by atoms with Crippen molar-refractivity contribution in [3.8, 4) is 0 Å². The van der Waals surface area contributed by atoms with Gasteiger partial charge in [0.15, 0.2) is 0 Å². The van der Waals surface area contributed by atoms with E-state index in [1.165, 1.54) is 28.7 Å². The van der Waals surface area contributed by atoms with E-state index in [1.54, 1.807) is 0 Å². The molecule has 0 aromatic heterocycles. The molecule has 0 saturated carbocycles. The summed E-state index contributed by atoms with van der Waals surface area (Å²) in [5.74, 6) is 0. The van der Waals surface area contributed by atoms with E-state index in [9.17, 15) is 0 Å². The largest absolute Gasteiger partial charge is 0.0651 e. The number of benzene rings is 2.